The van der Waals surface area contributed by atoms with Crippen molar-refractivity contribution in [2.45, 2.75) is 0 Å². The number of imidazole rings is 1. The number of nitrogens with zero attached hydrogens (tertiary/aromatic N) is 4. The van der Waals surface area contributed by atoms with Crippen molar-refractivity contribution in [2.75, 3.05) is 33.4 Å². The first kappa shape index (κ1) is 15.1. The molecule has 0 unspecified atom stereocenters. The number of amides is 1. The molecule has 1 amide bonds. The molecular weight excluding hydrogens is 272 g/mol. The first-order chi connectivity index (χ1) is 10.3. The molecule has 0 atom stereocenters. The molecule has 0 radical (unpaired) electrons. The second-order valence-corrected chi connectivity index (χ2v) is 4.38. The number of ether oxygens (including phenoxy) is 1. The van der Waals surface area contributed by atoms with Gasteiger partial charge in [-0.1, -0.05) is 0 Å². The lowest BCUT2D eigenvalue weighted by atomic mass is 10.2. The maximum atomic E-state index is 12.3. The zero-order valence-electron chi connectivity index (χ0n) is 11.8. The van der Waals surface area contributed by atoms with Crippen LogP contribution in [0.3, 0.4) is 0 Å². The van der Waals surface area contributed by atoms with Crippen LogP contribution in [0.5, 0.6) is 0 Å². The molecule has 0 aliphatic heterocycles. The third-order valence-corrected chi connectivity index (χ3v) is 2.99. The molecule has 7 nitrogen and oxygen atoms in total. The number of hydrogen-bond acceptors (Lipinski definition) is 5. The van der Waals surface area contributed by atoms with Gasteiger partial charge in [0, 0.05) is 38.8 Å². The van der Waals surface area contributed by atoms with Crippen molar-refractivity contribution in [3.8, 4) is 5.82 Å². The molecule has 0 aliphatic carbocycles. The van der Waals surface area contributed by atoms with Gasteiger partial charge in [0.05, 0.1) is 18.8 Å². The van der Waals surface area contributed by atoms with Gasteiger partial charge in [-0.2, -0.15) is 0 Å². The fraction of sp³-hybridized carbons (Fsp3) is 0.357. The van der Waals surface area contributed by atoms with Gasteiger partial charge in [0.25, 0.3) is 5.91 Å². The number of aliphatic hydroxyl groups excluding tert-OH is 1. The van der Waals surface area contributed by atoms with E-state index < -0.39 is 0 Å². The van der Waals surface area contributed by atoms with Crippen molar-refractivity contribution in [3.63, 3.8) is 0 Å². The molecule has 112 valence electrons. The average Bonchev–Trinajstić information content (AvgIpc) is 3.05. The smallest absolute Gasteiger partial charge is 0.255 e. The van der Waals surface area contributed by atoms with Crippen molar-refractivity contribution in [2.24, 2.45) is 0 Å². The Bertz CT molecular complexity index is 554. The molecule has 2 aromatic rings. The summed E-state index contributed by atoms with van der Waals surface area (Å²) >= 11 is 0. The number of methoxy groups -OCH3 is 1. The van der Waals surface area contributed by atoms with Crippen LogP contribution in [0, 0.1) is 0 Å². The fourth-order valence-electron chi connectivity index (χ4n) is 1.88. The van der Waals surface area contributed by atoms with Crippen LogP contribution in [0.1, 0.15) is 10.4 Å². The van der Waals surface area contributed by atoms with Crippen LogP contribution in [0.4, 0.5) is 0 Å². The summed E-state index contributed by atoms with van der Waals surface area (Å²) in [6, 6.07) is 3.46. The number of aliphatic hydroxyl groups is 1. The number of carbonyl (C=O) groups is 1. The van der Waals surface area contributed by atoms with Gasteiger partial charge >= 0.3 is 0 Å². The summed E-state index contributed by atoms with van der Waals surface area (Å²) in [7, 11) is 1.57. The maximum Gasteiger partial charge on any atom is 0.255 e. The van der Waals surface area contributed by atoms with E-state index in [2.05, 4.69) is 9.97 Å². The SMILES string of the molecule is COCCN(CCO)C(=O)c1ccc(-n2ccnc2)nc1. The van der Waals surface area contributed by atoms with Gasteiger partial charge in [0.1, 0.15) is 12.1 Å². The van der Waals surface area contributed by atoms with Crippen molar-refractivity contribution in [3.05, 3.63) is 42.6 Å². The van der Waals surface area contributed by atoms with E-state index in [1.54, 1.807) is 42.5 Å². The Morgan fingerprint density at radius 2 is 2.29 bits per heavy atom. The lowest BCUT2D eigenvalue weighted by molar-refractivity contribution is 0.0656. The molecule has 2 heterocycles. The lowest BCUT2D eigenvalue weighted by Gasteiger charge is -2.21. The summed E-state index contributed by atoms with van der Waals surface area (Å²) in [4.78, 5) is 22.1. The summed E-state index contributed by atoms with van der Waals surface area (Å²) in [5, 5.41) is 9.04. The van der Waals surface area contributed by atoms with Gasteiger partial charge in [0.2, 0.25) is 0 Å². The molecule has 0 spiro atoms. The molecule has 0 fully saturated rings. The van der Waals surface area contributed by atoms with E-state index in [9.17, 15) is 4.79 Å². The third-order valence-electron chi connectivity index (χ3n) is 2.99. The quantitative estimate of drug-likeness (QED) is 0.796. The first-order valence-corrected chi connectivity index (χ1v) is 6.59. The Balaban J connectivity index is 2.10. The van der Waals surface area contributed by atoms with Crippen molar-refractivity contribution in [1.29, 1.82) is 0 Å². The fourth-order valence-corrected chi connectivity index (χ4v) is 1.88. The zero-order valence-corrected chi connectivity index (χ0v) is 11.8. The standard InChI is InChI=1S/C14H18N4O3/c1-21-9-7-17(6-8-19)14(20)12-2-3-13(16-10-12)18-5-4-15-11-18/h2-5,10-11,19H,6-9H2,1H3. The van der Waals surface area contributed by atoms with Gasteiger partial charge in [-0.25, -0.2) is 9.97 Å². The average molecular weight is 290 g/mol. The summed E-state index contributed by atoms with van der Waals surface area (Å²) in [6.45, 7) is 1.03. The highest BCUT2D eigenvalue weighted by molar-refractivity contribution is 5.94. The van der Waals surface area contributed by atoms with Gasteiger partial charge in [-0.15, -0.1) is 0 Å². The predicted molar refractivity (Wildman–Crippen MR) is 76.2 cm³/mol. The predicted octanol–water partition coefficient (Wildman–Crippen LogP) is 0.348. The maximum absolute atomic E-state index is 12.3. The molecule has 1 N–H and O–H groups in total. The van der Waals surface area contributed by atoms with E-state index in [-0.39, 0.29) is 19.1 Å². The molecule has 0 saturated heterocycles. The molecule has 0 saturated carbocycles. The van der Waals surface area contributed by atoms with E-state index in [0.717, 1.165) is 0 Å². The first-order valence-electron chi connectivity index (χ1n) is 6.59. The molecule has 7 heteroatoms. The van der Waals surface area contributed by atoms with Gasteiger partial charge < -0.3 is 14.7 Å². The summed E-state index contributed by atoms with van der Waals surface area (Å²) < 4.78 is 6.73. The second-order valence-electron chi connectivity index (χ2n) is 4.38. The van der Waals surface area contributed by atoms with Crippen molar-refractivity contribution >= 4 is 5.91 Å². The van der Waals surface area contributed by atoms with E-state index in [4.69, 9.17) is 9.84 Å². The molecule has 2 aromatic heterocycles. The van der Waals surface area contributed by atoms with Gasteiger partial charge in [0.15, 0.2) is 0 Å². The van der Waals surface area contributed by atoms with Crippen molar-refractivity contribution < 1.29 is 14.6 Å². The second kappa shape index (κ2) is 7.51. The highest BCUT2D eigenvalue weighted by Gasteiger charge is 2.15. The largest absolute Gasteiger partial charge is 0.395 e. The highest BCUT2D eigenvalue weighted by atomic mass is 16.5. The minimum absolute atomic E-state index is 0.0873. The highest BCUT2D eigenvalue weighted by Crippen LogP contribution is 2.08. The van der Waals surface area contributed by atoms with Gasteiger partial charge in [-0.3, -0.25) is 9.36 Å². The third kappa shape index (κ3) is 3.87. The van der Waals surface area contributed by atoms with Gasteiger partial charge in [-0.05, 0) is 12.1 Å². The van der Waals surface area contributed by atoms with Crippen LogP contribution in [0.2, 0.25) is 0 Å². The molecule has 0 bridgehead atoms. The van der Waals surface area contributed by atoms with Crippen LogP contribution in [-0.4, -0.2) is 63.9 Å². The van der Waals surface area contributed by atoms with E-state index >= 15 is 0 Å². The Morgan fingerprint density at radius 3 is 2.86 bits per heavy atom. The number of pyridine rings is 1. The topological polar surface area (TPSA) is 80.5 Å². The number of rotatable bonds is 7. The Labute approximate surface area is 122 Å². The zero-order chi connectivity index (χ0) is 15.1. The number of carbonyl (C=O) groups excluding carboxylic acids is 1. The summed E-state index contributed by atoms with van der Waals surface area (Å²) in [6.07, 6.45) is 6.60. The minimum Gasteiger partial charge on any atom is -0.395 e. The molecule has 2 rings (SSSR count). The van der Waals surface area contributed by atoms with Crippen LogP contribution in [0.15, 0.2) is 37.1 Å². The molecule has 0 aromatic carbocycles. The van der Waals surface area contributed by atoms with Crippen LogP contribution in [-0.2, 0) is 4.74 Å². The molecule has 0 aliphatic rings. The normalized spacial score (nSPS) is 10.6. The van der Waals surface area contributed by atoms with E-state index in [1.807, 2.05) is 0 Å². The minimum atomic E-state index is -0.175. The van der Waals surface area contributed by atoms with E-state index in [0.29, 0.717) is 24.5 Å². The molecular formula is C14H18N4O3. The van der Waals surface area contributed by atoms with Crippen LogP contribution < -0.4 is 0 Å². The Kier molecular flexibility index (Phi) is 5.42. The summed E-state index contributed by atoms with van der Waals surface area (Å²) in [5.41, 5.74) is 0.475. The Hall–Kier alpha value is -2.25. The number of aromatic nitrogens is 3. The van der Waals surface area contributed by atoms with Crippen molar-refractivity contribution in [1.82, 2.24) is 19.4 Å². The Morgan fingerprint density at radius 1 is 1.43 bits per heavy atom. The van der Waals surface area contributed by atoms with E-state index in [1.165, 1.54) is 11.1 Å². The lowest BCUT2D eigenvalue weighted by Crippen LogP contribution is -2.36. The van der Waals surface area contributed by atoms with Crippen LogP contribution in [0.25, 0.3) is 5.82 Å². The monoisotopic (exact) mass is 290 g/mol. The number of hydrogen-bond donors (Lipinski definition) is 1. The summed E-state index contributed by atoms with van der Waals surface area (Å²) in [5.74, 6) is 0.514. The molecule has 21 heavy (non-hydrogen) atoms. The van der Waals surface area contributed by atoms with Crippen LogP contribution >= 0.6 is 0 Å².